The molecule has 7 nitrogen and oxygen atoms in total. The fourth-order valence-electron chi connectivity index (χ4n) is 5.71. The predicted molar refractivity (Wildman–Crippen MR) is 120 cm³/mol. The van der Waals surface area contributed by atoms with Crippen molar-refractivity contribution >= 4 is 28.2 Å². The monoisotopic (exact) mass is 438 g/mol. The van der Waals surface area contributed by atoms with Gasteiger partial charge in [0.1, 0.15) is 5.69 Å². The molecule has 2 aromatic heterocycles. The first-order chi connectivity index (χ1) is 15.1. The molecule has 1 unspecified atom stereocenters. The molecule has 31 heavy (non-hydrogen) atoms. The molecule has 3 aromatic rings. The smallest absolute Gasteiger partial charge is 0.103 e. The lowest BCUT2D eigenvalue weighted by Gasteiger charge is -2.61. The van der Waals surface area contributed by atoms with Crippen LogP contribution in [0.3, 0.4) is 0 Å². The summed E-state index contributed by atoms with van der Waals surface area (Å²) in [6.45, 7) is 6.12. The second-order valence-electron chi connectivity index (χ2n) is 9.92. The van der Waals surface area contributed by atoms with Gasteiger partial charge in [-0.25, -0.2) is 4.68 Å². The molecule has 0 spiro atoms. The van der Waals surface area contributed by atoms with Crippen LogP contribution in [0.4, 0.5) is 5.69 Å². The van der Waals surface area contributed by atoms with Crippen molar-refractivity contribution in [3.8, 4) is 5.69 Å². The molecule has 0 radical (unpaired) electrons. The lowest BCUT2D eigenvalue weighted by molar-refractivity contribution is -0.161. The van der Waals surface area contributed by atoms with E-state index in [9.17, 15) is 0 Å². The second kappa shape index (κ2) is 6.47. The van der Waals surface area contributed by atoms with Crippen LogP contribution in [0.2, 0.25) is 5.02 Å². The van der Waals surface area contributed by atoms with Gasteiger partial charge in [-0.2, -0.15) is 10.2 Å². The standard InChI is InChI=1S/C23H27ClN6O/c1-23(13-31-14-23)28-7-6-27(19-4-5-20(19)28)22-9-21-15(8-18(22)24)10-26-30(21)17-11-25-29(12-17)16-2-3-16/h8-12,16,19-20H,2-7,13-14H2,1H3/t19-,20?/m1/s1. The minimum absolute atomic E-state index is 0.212. The number of anilines is 1. The molecular weight excluding hydrogens is 412 g/mol. The maximum Gasteiger partial charge on any atom is 0.103 e. The first-order valence-electron chi connectivity index (χ1n) is 11.4. The van der Waals surface area contributed by atoms with Crippen molar-refractivity contribution < 1.29 is 4.74 Å². The van der Waals surface area contributed by atoms with Gasteiger partial charge in [0.25, 0.3) is 0 Å². The van der Waals surface area contributed by atoms with Crippen LogP contribution in [0.1, 0.15) is 38.6 Å². The summed E-state index contributed by atoms with van der Waals surface area (Å²) >= 11 is 6.82. The molecule has 7 rings (SSSR count). The summed E-state index contributed by atoms with van der Waals surface area (Å²) in [6, 6.07) is 5.99. The Labute approximate surface area is 186 Å². The van der Waals surface area contributed by atoms with E-state index >= 15 is 0 Å². The number of hydrogen-bond acceptors (Lipinski definition) is 5. The summed E-state index contributed by atoms with van der Waals surface area (Å²) < 4.78 is 9.63. The summed E-state index contributed by atoms with van der Waals surface area (Å²) in [7, 11) is 0. The largest absolute Gasteiger partial charge is 0.377 e. The van der Waals surface area contributed by atoms with Crippen molar-refractivity contribution in [3.05, 3.63) is 35.7 Å². The van der Waals surface area contributed by atoms with Gasteiger partial charge in [-0.05, 0) is 44.7 Å². The van der Waals surface area contributed by atoms with Crippen LogP contribution in [-0.4, -0.2) is 68.4 Å². The SMILES string of the molecule is CC1(N2CCN(c3cc4c(cnn4-c4cnn(C5CC5)c4)cc3Cl)[C@@H]3CCC32)COC1. The number of nitrogens with zero attached hydrogens (tertiary/aromatic N) is 6. The van der Waals surface area contributed by atoms with Crippen LogP contribution in [0.25, 0.3) is 16.6 Å². The minimum Gasteiger partial charge on any atom is -0.377 e. The van der Waals surface area contributed by atoms with Gasteiger partial charge >= 0.3 is 0 Å². The first-order valence-corrected chi connectivity index (χ1v) is 11.8. The fourth-order valence-corrected chi connectivity index (χ4v) is 5.99. The van der Waals surface area contributed by atoms with E-state index in [-0.39, 0.29) is 5.54 Å². The second-order valence-corrected chi connectivity index (χ2v) is 10.3. The van der Waals surface area contributed by atoms with Gasteiger partial charge in [0.05, 0.1) is 59.6 Å². The Hall–Kier alpha value is -2.09. The van der Waals surface area contributed by atoms with Crippen LogP contribution in [0.5, 0.6) is 0 Å². The summed E-state index contributed by atoms with van der Waals surface area (Å²) in [5.41, 5.74) is 3.45. The highest BCUT2D eigenvalue weighted by molar-refractivity contribution is 6.34. The molecule has 4 fully saturated rings. The van der Waals surface area contributed by atoms with Gasteiger partial charge in [0.2, 0.25) is 0 Å². The average molecular weight is 439 g/mol. The third kappa shape index (κ3) is 2.73. The molecule has 0 amide bonds. The lowest BCUT2D eigenvalue weighted by atomic mass is 9.78. The summed E-state index contributed by atoms with van der Waals surface area (Å²) in [6.07, 6.45) is 10.9. The Morgan fingerprint density at radius 1 is 1.03 bits per heavy atom. The van der Waals surface area contributed by atoms with Gasteiger partial charge in [-0.3, -0.25) is 9.58 Å². The molecule has 2 aliphatic carbocycles. The Morgan fingerprint density at radius 2 is 1.87 bits per heavy atom. The topological polar surface area (TPSA) is 51.3 Å². The van der Waals surface area contributed by atoms with Crippen molar-refractivity contribution in [1.82, 2.24) is 24.5 Å². The molecular formula is C23H27ClN6O. The van der Waals surface area contributed by atoms with Crippen molar-refractivity contribution in [3.63, 3.8) is 0 Å². The maximum atomic E-state index is 6.82. The van der Waals surface area contributed by atoms with Gasteiger partial charge in [-0.1, -0.05) is 11.6 Å². The molecule has 4 aliphatic rings. The highest BCUT2D eigenvalue weighted by Crippen LogP contribution is 2.44. The number of aromatic nitrogens is 4. The number of ether oxygens (including phenoxy) is 1. The van der Waals surface area contributed by atoms with Crippen molar-refractivity contribution in [1.29, 1.82) is 0 Å². The van der Waals surface area contributed by atoms with Crippen molar-refractivity contribution in [2.75, 3.05) is 31.2 Å². The third-order valence-corrected chi connectivity index (χ3v) is 8.11. The quantitative estimate of drug-likeness (QED) is 0.622. The van der Waals surface area contributed by atoms with E-state index in [1.807, 2.05) is 17.1 Å². The van der Waals surface area contributed by atoms with Crippen LogP contribution in [0, 0.1) is 0 Å². The Kier molecular flexibility index (Phi) is 3.85. The van der Waals surface area contributed by atoms with E-state index < -0.39 is 0 Å². The van der Waals surface area contributed by atoms with E-state index in [0.29, 0.717) is 18.1 Å². The Bertz CT molecular complexity index is 1160. The zero-order chi connectivity index (χ0) is 20.7. The first kappa shape index (κ1) is 18.5. The molecule has 2 saturated carbocycles. The molecule has 8 heteroatoms. The van der Waals surface area contributed by atoms with E-state index in [2.05, 4.69) is 49.9 Å². The van der Waals surface area contributed by atoms with Crippen LogP contribution < -0.4 is 4.90 Å². The maximum absolute atomic E-state index is 6.82. The van der Waals surface area contributed by atoms with Crippen molar-refractivity contribution in [2.24, 2.45) is 0 Å². The highest BCUT2D eigenvalue weighted by Gasteiger charge is 2.51. The third-order valence-electron chi connectivity index (χ3n) is 7.80. The molecule has 2 saturated heterocycles. The van der Waals surface area contributed by atoms with E-state index in [4.69, 9.17) is 16.3 Å². The van der Waals surface area contributed by atoms with Crippen LogP contribution >= 0.6 is 11.6 Å². The summed E-state index contributed by atoms with van der Waals surface area (Å²) in [5.74, 6) is 0. The number of benzene rings is 1. The zero-order valence-corrected chi connectivity index (χ0v) is 18.5. The molecule has 1 aromatic carbocycles. The van der Waals surface area contributed by atoms with Gasteiger partial charge in [-0.15, -0.1) is 0 Å². The molecule has 162 valence electrons. The molecule has 0 bridgehead atoms. The van der Waals surface area contributed by atoms with Crippen LogP contribution in [0.15, 0.2) is 30.7 Å². The minimum atomic E-state index is 0.212. The zero-order valence-electron chi connectivity index (χ0n) is 17.7. The van der Waals surface area contributed by atoms with Crippen molar-refractivity contribution in [2.45, 2.75) is 56.3 Å². The van der Waals surface area contributed by atoms with E-state index in [0.717, 1.165) is 53.6 Å². The van der Waals surface area contributed by atoms with Crippen LogP contribution in [-0.2, 0) is 4.74 Å². The highest BCUT2D eigenvalue weighted by atomic mass is 35.5. The fraction of sp³-hybridized carbons (Fsp3) is 0.565. The molecule has 2 aliphatic heterocycles. The summed E-state index contributed by atoms with van der Waals surface area (Å²) in [4.78, 5) is 5.24. The average Bonchev–Trinajstić information content (AvgIpc) is 3.30. The van der Waals surface area contributed by atoms with Gasteiger partial charge in [0, 0.05) is 30.6 Å². The lowest BCUT2D eigenvalue weighted by Crippen LogP contribution is -2.73. The number of piperazine rings is 1. The predicted octanol–water partition coefficient (Wildman–Crippen LogP) is 3.65. The van der Waals surface area contributed by atoms with Gasteiger partial charge < -0.3 is 9.64 Å². The Balaban J connectivity index is 1.23. The number of halogens is 1. The number of rotatable bonds is 4. The normalized spacial score (nSPS) is 27.7. The molecule has 0 N–H and O–H groups in total. The molecule has 4 heterocycles. The van der Waals surface area contributed by atoms with E-state index in [1.165, 1.54) is 25.7 Å². The van der Waals surface area contributed by atoms with E-state index in [1.54, 1.807) is 0 Å². The number of fused-ring (bicyclic) bond motifs is 2. The summed E-state index contributed by atoms with van der Waals surface area (Å²) in [5, 5.41) is 11.1. The van der Waals surface area contributed by atoms with Gasteiger partial charge in [0.15, 0.2) is 0 Å². The number of hydrogen-bond donors (Lipinski definition) is 0. The molecule has 2 atom stereocenters. The Morgan fingerprint density at radius 3 is 2.58 bits per heavy atom.